The van der Waals surface area contributed by atoms with Gasteiger partial charge in [-0.25, -0.2) is 29.9 Å². The van der Waals surface area contributed by atoms with Crippen molar-refractivity contribution < 1.29 is 0 Å². The van der Waals surface area contributed by atoms with Crippen LogP contribution in [0.15, 0.2) is 328 Å². The summed E-state index contributed by atoms with van der Waals surface area (Å²) in [6, 6.07) is 102. The zero-order valence-corrected chi connectivity index (χ0v) is 53.6. The molecule has 20 rings (SSSR count). The van der Waals surface area contributed by atoms with E-state index in [0.717, 1.165) is 199 Å². The van der Waals surface area contributed by atoms with Crippen LogP contribution < -0.4 is 0 Å². The van der Waals surface area contributed by atoms with E-state index in [1.165, 1.54) is 0 Å². The number of hydrogen-bond acceptors (Lipinski definition) is 10. The quantitative estimate of drug-likeness (QED) is 0.136. The second kappa shape index (κ2) is 24.2. The van der Waals surface area contributed by atoms with E-state index in [-0.39, 0.29) is 0 Å². The van der Waals surface area contributed by atoms with E-state index in [2.05, 4.69) is 275 Å². The Morgan fingerprint density at radius 3 is 0.910 bits per heavy atom. The van der Waals surface area contributed by atoms with Crippen LogP contribution in [0.4, 0.5) is 0 Å². The molecule has 0 amide bonds. The number of benzene rings is 10. The Kier molecular flexibility index (Phi) is 14.0. The van der Waals surface area contributed by atoms with Crippen LogP contribution in [0, 0.1) is 0 Å². The molecule has 0 atom stereocenters. The minimum Gasteiger partial charge on any atom is -0.264 e. The van der Waals surface area contributed by atoms with E-state index in [4.69, 9.17) is 29.9 Å². The van der Waals surface area contributed by atoms with Crippen molar-refractivity contribution in [2.24, 2.45) is 0 Å². The molecular formula is C90H54N10. The molecule has 0 bridgehead atoms. The molecule has 0 saturated carbocycles. The summed E-state index contributed by atoms with van der Waals surface area (Å²) in [7, 11) is 0. The number of fused-ring (bicyclic) bond motifs is 12. The van der Waals surface area contributed by atoms with Crippen molar-refractivity contribution in [3.05, 3.63) is 328 Å². The minimum absolute atomic E-state index is 0.916. The van der Waals surface area contributed by atoms with Crippen LogP contribution in [0.1, 0.15) is 0 Å². The van der Waals surface area contributed by atoms with Crippen molar-refractivity contribution in [2.45, 2.75) is 0 Å². The van der Waals surface area contributed by atoms with Gasteiger partial charge in [-0.05, 0) is 177 Å². The van der Waals surface area contributed by atoms with Gasteiger partial charge >= 0.3 is 0 Å². The predicted octanol–water partition coefficient (Wildman–Crippen LogP) is 22.2. The average molecular weight is 1280 g/mol. The molecule has 0 saturated heterocycles. The fourth-order valence-corrected chi connectivity index (χ4v) is 13.9. The lowest BCUT2D eigenvalue weighted by Gasteiger charge is -2.13. The maximum absolute atomic E-state index is 5.16. The van der Waals surface area contributed by atoms with Gasteiger partial charge in [-0.3, -0.25) is 19.9 Å². The van der Waals surface area contributed by atoms with Gasteiger partial charge in [0.25, 0.3) is 0 Å². The summed E-state index contributed by atoms with van der Waals surface area (Å²) < 4.78 is 0. The molecule has 100 heavy (non-hydrogen) atoms. The lowest BCUT2D eigenvalue weighted by atomic mass is 9.95. The number of nitrogens with zero attached hydrogens (tertiary/aromatic N) is 10. The SMILES string of the molecule is c1cncc(-c2ccc3cc(-c4ccc5nc(-c6ccc(-c7ccc8ccc9cccnc9c8n7)c7ccccc67)ccc5c4)ccc3n2)c1.c1cncc(-c2ccc3cc(-c4ccc5nc(-c6ccc7cc(-c8ccc9ccc%10cccnc%10c9n8)ccc7c6)ccc5c4)ccc3n2)c1. The first-order chi connectivity index (χ1) is 49.5. The Morgan fingerprint density at radius 2 is 0.490 bits per heavy atom. The predicted molar refractivity (Wildman–Crippen MR) is 409 cm³/mol. The number of rotatable bonds is 8. The molecule has 0 aliphatic heterocycles. The van der Waals surface area contributed by atoms with Crippen molar-refractivity contribution in [3.8, 4) is 89.8 Å². The van der Waals surface area contributed by atoms with Crippen LogP contribution >= 0.6 is 0 Å². The molecule has 0 fully saturated rings. The molecule has 0 radical (unpaired) electrons. The Balaban J connectivity index is 0.000000139. The van der Waals surface area contributed by atoms with Gasteiger partial charge in [0, 0.05) is 114 Å². The highest BCUT2D eigenvalue weighted by Crippen LogP contribution is 2.39. The summed E-state index contributed by atoms with van der Waals surface area (Å²) in [6.07, 6.45) is 10.9. The molecule has 20 aromatic rings. The van der Waals surface area contributed by atoms with Crippen molar-refractivity contribution >= 4 is 109 Å². The number of pyridine rings is 10. The van der Waals surface area contributed by atoms with Crippen molar-refractivity contribution in [2.75, 3.05) is 0 Å². The maximum atomic E-state index is 5.16. The molecule has 0 N–H and O–H groups in total. The summed E-state index contributed by atoms with van der Waals surface area (Å²) in [4.78, 5) is 47.9. The van der Waals surface area contributed by atoms with E-state index in [9.17, 15) is 0 Å². The van der Waals surface area contributed by atoms with E-state index < -0.39 is 0 Å². The zero-order chi connectivity index (χ0) is 66.0. The minimum atomic E-state index is 0.916. The zero-order valence-electron chi connectivity index (χ0n) is 53.6. The Bertz CT molecular complexity index is 6680. The molecule has 0 aliphatic rings. The molecule has 10 aromatic carbocycles. The van der Waals surface area contributed by atoms with Crippen LogP contribution in [0.5, 0.6) is 0 Å². The largest absolute Gasteiger partial charge is 0.264 e. The van der Waals surface area contributed by atoms with Gasteiger partial charge in [0.1, 0.15) is 0 Å². The summed E-state index contributed by atoms with van der Waals surface area (Å²) in [6.45, 7) is 0. The molecule has 10 heteroatoms. The van der Waals surface area contributed by atoms with Gasteiger partial charge in [0.05, 0.1) is 78.3 Å². The fourth-order valence-electron chi connectivity index (χ4n) is 13.9. The Morgan fingerprint density at radius 1 is 0.180 bits per heavy atom. The lowest BCUT2D eigenvalue weighted by Crippen LogP contribution is -1.92. The van der Waals surface area contributed by atoms with Crippen LogP contribution in [-0.2, 0) is 0 Å². The van der Waals surface area contributed by atoms with Crippen LogP contribution in [-0.4, -0.2) is 49.8 Å². The summed E-state index contributed by atoms with van der Waals surface area (Å²) in [5, 5.41) is 13.4. The highest BCUT2D eigenvalue weighted by Gasteiger charge is 2.16. The van der Waals surface area contributed by atoms with Gasteiger partial charge in [-0.1, -0.05) is 158 Å². The van der Waals surface area contributed by atoms with Gasteiger partial charge in [0.15, 0.2) is 0 Å². The number of hydrogen-bond donors (Lipinski definition) is 0. The first kappa shape index (κ1) is 57.7. The van der Waals surface area contributed by atoms with Crippen LogP contribution in [0.25, 0.3) is 199 Å². The third kappa shape index (κ3) is 10.7. The molecule has 10 heterocycles. The second-order valence-corrected chi connectivity index (χ2v) is 25.2. The van der Waals surface area contributed by atoms with Gasteiger partial charge in [-0.15, -0.1) is 0 Å². The summed E-state index contributed by atoms with van der Waals surface area (Å²) in [5.41, 5.74) is 24.1. The first-order valence-electron chi connectivity index (χ1n) is 33.3. The van der Waals surface area contributed by atoms with E-state index >= 15 is 0 Å². The first-order valence-corrected chi connectivity index (χ1v) is 33.3. The van der Waals surface area contributed by atoms with Crippen molar-refractivity contribution in [1.82, 2.24) is 49.8 Å². The third-order valence-electron chi connectivity index (χ3n) is 19.1. The van der Waals surface area contributed by atoms with Gasteiger partial charge in [0.2, 0.25) is 0 Å². The Hall–Kier alpha value is -13.7. The molecule has 10 nitrogen and oxygen atoms in total. The lowest BCUT2D eigenvalue weighted by molar-refractivity contribution is 1.30. The topological polar surface area (TPSA) is 129 Å². The second-order valence-electron chi connectivity index (χ2n) is 25.2. The summed E-state index contributed by atoms with van der Waals surface area (Å²) in [5.74, 6) is 0. The molecule has 10 aromatic heterocycles. The number of aromatic nitrogens is 10. The molecule has 0 aliphatic carbocycles. The van der Waals surface area contributed by atoms with Gasteiger partial charge < -0.3 is 0 Å². The van der Waals surface area contributed by atoms with Gasteiger partial charge in [-0.2, -0.15) is 0 Å². The fraction of sp³-hybridized carbons (Fsp3) is 0. The highest BCUT2D eigenvalue weighted by molar-refractivity contribution is 6.08. The maximum Gasteiger partial charge on any atom is 0.0972 e. The van der Waals surface area contributed by atoms with Crippen LogP contribution in [0.2, 0.25) is 0 Å². The van der Waals surface area contributed by atoms with E-state index in [0.29, 0.717) is 0 Å². The third-order valence-corrected chi connectivity index (χ3v) is 19.1. The monoisotopic (exact) mass is 1270 g/mol. The standard InChI is InChI=1S/2C45H27N5/c1-4-38(27-46-21-1)43-20-15-37-26-33(13-18-40(37)49-43)32-12-17-39-36(25-32)14-19-41(48-39)34-9-7-31-24-35(10-8-30(31)23-34)42-16-11-29-6-5-28-3-2-22-47-44(28)45(29)50-42;1-2-8-36-35(7-1)37(16-17-38(36)43-21-11-29-10-9-28-5-4-24-47-44(28)45(29)50-43)42-22-15-33-26-31(13-19-40(33)49-42)30-12-18-39-32(25-30)14-20-41(48-39)34-6-3-23-46-27-34/h2*1-27H. The normalized spacial score (nSPS) is 11.6. The molecule has 464 valence electrons. The van der Waals surface area contributed by atoms with E-state index in [1.54, 1.807) is 12.4 Å². The molecular weight excluding hydrogens is 1220 g/mol. The van der Waals surface area contributed by atoms with Crippen LogP contribution in [0.3, 0.4) is 0 Å². The Labute approximate surface area is 573 Å². The van der Waals surface area contributed by atoms with E-state index in [1.807, 2.05) is 61.2 Å². The molecule has 0 spiro atoms. The average Bonchev–Trinajstić information content (AvgIpc) is 0.866. The summed E-state index contributed by atoms with van der Waals surface area (Å²) >= 11 is 0. The van der Waals surface area contributed by atoms with Crippen molar-refractivity contribution in [3.63, 3.8) is 0 Å². The van der Waals surface area contributed by atoms with Crippen molar-refractivity contribution in [1.29, 1.82) is 0 Å². The highest BCUT2D eigenvalue weighted by atomic mass is 14.8. The molecule has 0 unspecified atom stereocenters. The smallest absolute Gasteiger partial charge is 0.0972 e.